The highest BCUT2D eigenvalue weighted by molar-refractivity contribution is 6.03. The van der Waals surface area contributed by atoms with E-state index in [4.69, 9.17) is 0 Å². The van der Waals surface area contributed by atoms with Gasteiger partial charge in [-0.3, -0.25) is 0 Å². The topological polar surface area (TPSA) is 3.24 Å². The normalized spacial score (nSPS) is 13.7. The third-order valence-corrected chi connectivity index (χ3v) is 17.0. The first-order chi connectivity index (χ1) is 38.7. The monoisotopic (exact) mass is 997 g/mol. The van der Waals surface area contributed by atoms with Crippen LogP contribution in [-0.2, 0) is 5.41 Å². The Labute approximate surface area is 459 Å². The van der Waals surface area contributed by atoms with Gasteiger partial charge in [0.25, 0.3) is 0 Å². The predicted molar refractivity (Wildman–Crippen MR) is 329 cm³/mol. The molecule has 0 aliphatic heterocycles. The van der Waals surface area contributed by atoms with Crippen molar-refractivity contribution in [2.45, 2.75) is 43.4 Å². The molecule has 78 heavy (non-hydrogen) atoms. The van der Waals surface area contributed by atoms with Gasteiger partial charge < -0.3 is 4.90 Å². The van der Waals surface area contributed by atoms with Crippen LogP contribution in [-0.4, -0.2) is 0 Å². The van der Waals surface area contributed by atoms with Gasteiger partial charge in [0, 0.05) is 16.9 Å². The second-order valence-corrected chi connectivity index (χ2v) is 21.3. The van der Waals surface area contributed by atoms with Crippen LogP contribution < -0.4 is 4.90 Å². The standard InChI is InChI=1S/C77H59N/c1-6-22-56(23-7-1)66-50-44-60(52-72(66)58-26-10-3-11-27-58)54-40-46-64(47-41-54)78(75-39-19-17-35-70(75)71-37-21-29-59-28-20-36-67(76(59)71)57-24-8-2-9-25-57)65-48-42-55(43-49-65)61-45-51-69-68-34-16-18-38-73(68)77(74(69)53-61,62-30-12-4-13-31-62)63-32-14-5-15-33-63/h1,3-7,10-23,26-53,57H,2,8-9,24-25H2. The highest BCUT2D eigenvalue weighted by atomic mass is 15.1. The molecule has 0 radical (unpaired) electrons. The molecule has 12 aromatic carbocycles. The molecule has 0 N–H and O–H groups in total. The fourth-order valence-electron chi connectivity index (χ4n) is 13.4. The van der Waals surface area contributed by atoms with Gasteiger partial charge in [-0.1, -0.05) is 268 Å². The first kappa shape index (κ1) is 47.2. The SMILES string of the molecule is c1ccc(-c2ccc(-c3ccc(N(c4ccc(-c5ccc6c(c5)C(c5ccccc5)(c5ccccc5)c5ccccc5-6)cc4)c4ccccc4-c4cccc5cccc(C6CCCCC6)c45)cc3)cc2-c2ccccc2)cc1. The van der Waals surface area contributed by atoms with Crippen LogP contribution in [0, 0.1) is 0 Å². The van der Waals surface area contributed by atoms with Gasteiger partial charge in [-0.05, 0) is 161 Å². The Morgan fingerprint density at radius 1 is 0.295 bits per heavy atom. The van der Waals surface area contributed by atoms with Crippen LogP contribution in [0.4, 0.5) is 17.1 Å². The summed E-state index contributed by atoms with van der Waals surface area (Å²) >= 11 is 0. The first-order valence-corrected chi connectivity index (χ1v) is 27.9. The van der Waals surface area contributed by atoms with Crippen molar-refractivity contribution in [3.05, 3.63) is 319 Å². The van der Waals surface area contributed by atoms with Crippen LogP contribution in [0.2, 0.25) is 0 Å². The fraction of sp³-hybridized carbons (Fsp3) is 0.0909. The zero-order valence-electron chi connectivity index (χ0n) is 43.8. The van der Waals surface area contributed by atoms with Crippen molar-refractivity contribution in [1.82, 2.24) is 0 Å². The van der Waals surface area contributed by atoms with E-state index in [9.17, 15) is 0 Å². The Morgan fingerprint density at radius 2 is 0.769 bits per heavy atom. The number of para-hydroxylation sites is 1. The van der Waals surface area contributed by atoms with Crippen LogP contribution in [0.1, 0.15) is 65.8 Å². The van der Waals surface area contributed by atoms with Crippen LogP contribution in [0.25, 0.3) is 77.5 Å². The van der Waals surface area contributed by atoms with Gasteiger partial charge in [0.05, 0.1) is 11.1 Å². The fourth-order valence-corrected chi connectivity index (χ4v) is 13.4. The average Bonchev–Trinajstić information content (AvgIpc) is 4.04. The third kappa shape index (κ3) is 8.26. The highest BCUT2D eigenvalue weighted by Gasteiger charge is 2.46. The van der Waals surface area contributed by atoms with E-state index in [2.05, 4.69) is 296 Å². The van der Waals surface area contributed by atoms with Crippen LogP contribution in [0.15, 0.2) is 291 Å². The van der Waals surface area contributed by atoms with E-state index >= 15 is 0 Å². The molecule has 0 aromatic heterocycles. The number of nitrogens with zero attached hydrogens (tertiary/aromatic N) is 1. The molecule has 1 saturated carbocycles. The average molecular weight is 998 g/mol. The number of anilines is 3. The molecule has 0 unspecified atom stereocenters. The number of fused-ring (bicyclic) bond motifs is 4. The molecular formula is C77H59N. The molecule has 0 bridgehead atoms. The van der Waals surface area contributed by atoms with E-state index in [1.54, 1.807) is 0 Å². The molecule has 0 spiro atoms. The molecule has 372 valence electrons. The summed E-state index contributed by atoms with van der Waals surface area (Å²) in [5.74, 6) is 0.565. The second-order valence-electron chi connectivity index (χ2n) is 21.3. The smallest absolute Gasteiger partial charge is 0.0713 e. The van der Waals surface area contributed by atoms with Crippen LogP contribution in [0.5, 0.6) is 0 Å². The molecule has 0 amide bonds. The maximum atomic E-state index is 2.48. The summed E-state index contributed by atoms with van der Waals surface area (Å²) in [5, 5.41) is 2.69. The lowest BCUT2D eigenvalue weighted by molar-refractivity contribution is 0.445. The van der Waals surface area contributed by atoms with E-state index in [0.29, 0.717) is 5.92 Å². The summed E-state index contributed by atoms with van der Waals surface area (Å²) < 4.78 is 0. The van der Waals surface area contributed by atoms with Crippen molar-refractivity contribution in [2.75, 3.05) is 4.90 Å². The Balaban J connectivity index is 0.905. The minimum atomic E-state index is -0.470. The zero-order chi connectivity index (χ0) is 51.8. The maximum Gasteiger partial charge on any atom is 0.0713 e. The number of rotatable bonds is 11. The van der Waals surface area contributed by atoms with Crippen LogP contribution >= 0.6 is 0 Å². The van der Waals surface area contributed by atoms with Gasteiger partial charge in [0.15, 0.2) is 0 Å². The van der Waals surface area contributed by atoms with Crippen LogP contribution in [0.3, 0.4) is 0 Å². The molecule has 0 heterocycles. The van der Waals surface area contributed by atoms with Gasteiger partial charge in [-0.15, -0.1) is 0 Å². The Kier molecular flexibility index (Phi) is 12.3. The number of hydrogen-bond donors (Lipinski definition) is 0. The quantitative estimate of drug-likeness (QED) is 0.125. The second kappa shape index (κ2) is 20.3. The summed E-state index contributed by atoms with van der Waals surface area (Å²) in [7, 11) is 0. The molecule has 12 aromatic rings. The van der Waals surface area contributed by atoms with Gasteiger partial charge in [0.2, 0.25) is 0 Å². The molecule has 1 heteroatoms. The van der Waals surface area contributed by atoms with Gasteiger partial charge in [-0.2, -0.15) is 0 Å². The highest BCUT2D eigenvalue weighted by Crippen LogP contribution is 2.57. The summed E-state index contributed by atoms with van der Waals surface area (Å²) in [6, 6.07) is 108. The molecule has 1 nitrogen and oxygen atoms in total. The molecule has 14 rings (SSSR count). The maximum absolute atomic E-state index is 2.48. The minimum Gasteiger partial charge on any atom is -0.310 e. The van der Waals surface area contributed by atoms with Crippen molar-refractivity contribution in [3.63, 3.8) is 0 Å². The largest absolute Gasteiger partial charge is 0.310 e. The van der Waals surface area contributed by atoms with Crippen molar-refractivity contribution < 1.29 is 0 Å². The summed E-state index contributed by atoms with van der Waals surface area (Å²) in [5.41, 5.74) is 24.2. The summed E-state index contributed by atoms with van der Waals surface area (Å²) in [6.07, 6.45) is 6.42. The number of hydrogen-bond acceptors (Lipinski definition) is 1. The zero-order valence-corrected chi connectivity index (χ0v) is 43.8. The Hall–Kier alpha value is -9.30. The summed E-state index contributed by atoms with van der Waals surface area (Å²) in [6.45, 7) is 0. The Bertz CT molecular complexity index is 4040. The lowest BCUT2D eigenvalue weighted by atomic mass is 9.67. The first-order valence-electron chi connectivity index (χ1n) is 27.9. The van der Waals surface area contributed by atoms with E-state index in [1.165, 1.54) is 137 Å². The van der Waals surface area contributed by atoms with E-state index in [1.807, 2.05) is 0 Å². The Morgan fingerprint density at radius 3 is 1.40 bits per heavy atom. The van der Waals surface area contributed by atoms with Gasteiger partial charge >= 0.3 is 0 Å². The van der Waals surface area contributed by atoms with Crippen molar-refractivity contribution in [3.8, 4) is 66.8 Å². The van der Waals surface area contributed by atoms with E-state index in [0.717, 1.165) is 17.1 Å². The van der Waals surface area contributed by atoms with Crippen molar-refractivity contribution >= 4 is 27.8 Å². The van der Waals surface area contributed by atoms with Crippen molar-refractivity contribution in [2.24, 2.45) is 0 Å². The predicted octanol–water partition coefficient (Wildman–Crippen LogP) is 21.1. The molecule has 1 fully saturated rings. The third-order valence-electron chi connectivity index (χ3n) is 17.0. The lowest BCUT2D eigenvalue weighted by Crippen LogP contribution is -2.28. The molecular weight excluding hydrogens is 939 g/mol. The van der Waals surface area contributed by atoms with E-state index in [-0.39, 0.29) is 0 Å². The minimum absolute atomic E-state index is 0.470. The number of benzene rings is 12. The summed E-state index contributed by atoms with van der Waals surface area (Å²) in [4.78, 5) is 2.48. The molecule has 2 aliphatic rings. The molecule has 2 aliphatic carbocycles. The van der Waals surface area contributed by atoms with Gasteiger partial charge in [-0.25, -0.2) is 0 Å². The van der Waals surface area contributed by atoms with Gasteiger partial charge in [0.1, 0.15) is 0 Å². The molecule has 0 saturated heterocycles. The van der Waals surface area contributed by atoms with Crippen molar-refractivity contribution in [1.29, 1.82) is 0 Å². The lowest BCUT2D eigenvalue weighted by Gasteiger charge is -2.34. The van der Waals surface area contributed by atoms with E-state index < -0.39 is 5.41 Å². The molecule has 0 atom stereocenters.